The molecule has 2 aliphatic rings. The molecular weight excluding hydrogens is 208 g/mol. The SMILES string of the molecule is O=C1C(=CC2CC=CCC2)Cc2ccccc21. The van der Waals surface area contributed by atoms with Crippen molar-refractivity contribution in [1.29, 1.82) is 0 Å². The third kappa shape index (κ3) is 1.97. The van der Waals surface area contributed by atoms with Crippen molar-refractivity contribution in [3.63, 3.8) is 0 Å². The minimum Gasteiger partial charge on any atom is -0.289 e. The van der Waals surface area contributed by atoms with Gasteiger partial charge in [0.05, 0.1) is 0 Å². The lowest BCUT2D eigenvalue weighted by atomic mass is 9.91. The second kappa shape index (κ2) is 4.33. The van der Waals surface area contributed by atoms with Gasteiger partial charge < -0.3 is 0 Å². The van der Waals surface area contributed by atoms with Crippen molar-refractivity contribution >= 4 is 5.78 Å². The Bertz CT molecular complexity index is 508. The van der Waals surface area contributed by atoms with E-state index in [1.165, 1.54) is 12.0 Å². The van der Waals surface area contributed by atoms with Crippen LogP contribution in [-0.4, -0.2) is 5.78 Å². The van der Waals surface area contributed by atoms with Crippen molar-refractivity contribution in [3.8, 4) is 0 Å². The molecule has 0 N–H and O–H groups in total. The molecule has 0 spiro atoms. The summed E-state index contributed by atoms with van der Waals surface area (Å²) in [4.78, 5) is 12.2. The molecule has 2 aliphatic carbocycles. The monoisotopic (exact) mass is 224 g/mol. The second-order valence-electron chi connectivity index (χ2n) is 4.90. The van der Waals surface area contributed by atoms with Crippen molar-refractivity contribution in [1.82, 2.24) is 0 Å². The number of ketones is 1. The Morgan fingerprint density at radius 1 is 1.18 bits per heavy atom. The van der Waals surface area contributed by atoms with Gasteiger partial charge >= 0.3 is 0 Å². The molecule has 0 amide bonds. The molecule has 0 aromatic heterocycles. The normalized spacial score (nSPS) is 25.3. The lowest BCUT2D eigenvalue weighted by molar-refractivity contribution is 0.103. The highest BCUT2D eigenvalue weighted by Gasteiger charge is 2.24. The average molecular weight is 224 g/mol. The first kappa shape index (κ1) is 10.5. The maximum absolute atomic E-state index is 12.2. The molecular formula is C16H16O. The van der Waals surface area contributed by atoms with Gasteiger partial charge in [-0.25, -0.2) is 0 Å². The number of carbonyl (C=O) groups is 1. The molecule has 3 rings (SSSR count). The van der Waals surface area contributed by atoms with Crippen LogP contribution < -0.4 is 0 Å². The Hall–Kier alpha value is -1.63. The smallest absolute Gasteiger partial charge is 0.189 e. The van der Waals surface area contributed by atoms with Crippen molar-refractivity contribution in [3.05, 3.63) is 59.2 Å². The van der Waals surface area contributed by atoms with E-state index in [0.29, 0.717) is 5.92 Å². The molecule has 0 fully saturated rings. The molecule has 0 bridgehead atoms. The van der Waals surface area contributed by atoms with E-state index < -0.39 is 0 Å². The number of rotatable bonds is 1. The first-order chi connectivity index (χ1) is 8.34. The van der Waals surface area contributed by atoms with Gasteiger partial charge in [-0.05, 0) is 30.7 Å². The summed E-state index contributed by atoms with van der Waals surface area (Å²) >= 11 is 0. The van der Waals surface area contributed by atoms with Crippen LogP contribution in [0.1, 0.15) is 35.2 Å². The van der Waals surface area contributed by atoms with Crippen molar-refractivity contribution in [2.75, 3.05) is 0 Å². The first-order valence-corrected chi connectivity index (χ1v) is 6.33. The van der Waals surface area contributed by atoms with E-state index in [9.17, 15) is 4.79 Å². The van der Waals surface area contributed by atoms with Gasteiger partial charge in [-0.15, -0.1) is 0 Å². The fourth-order valence-electron chi connectivity index (χ4n) is 2.74. The summed E-state index contributed by atoms with van der Waals surface area (Å²) in [6.07, 6.45) is 10.9. The summed E-state index contributed by atoms with van der Waals surface area (Å²) in [6, 6.07) is 7.97. The lowest BCUT2D eigenvalue weighted by Gasteiger charge is -2.13. The van der Waals surface area contributed by atoms with E-state index in [-0.39, 0.29) is 5.78 Å². The predicted molar refractivity (Wildman–Crippen MR) is 69.0 cm³/mol. The van der Waals surface area contributed by atoms with Crippen molar-refractivity contribution in [2.24, 2.45) is 5.92 Å². The van der Waals surface area contributed by atoms with Crippen LogP contribution in [0.15, 0.2) is 48.1 Å². The van der Waals surface area contributed by atoms with Crippen LogP contribution in [0.5, 0.6) is 0 Å². The first-order valence-electron chi connectivity index (χ1n) is 6.33. The van der Waals surface area contributed by atoms with E-state index in [1.807, 2.05) is 18.2 Å². The molecule has 0 saturated carbocycles. The number of hydrogen-bond acceptors (Lipinski definition) is 1. The van der Waals surface area contributed by atoms with E-state index in [1.54, 1.807) is 0 Å². The van der Waals surface area contributed by atoms with Gasteiger partial charge in [0.2, 0.25) is 0 Å². The van der Waals surface area contributed by atoms with Gasteiger partial charge in [0.25, 0.3) is 0 Å². The molecule has 0 saturated heterocycles. The minimum atomic E-state index is 0.246. The molecule has 1 atom stereocenters. The Balaban J connectivity index is 1.86. The summed E-state index contributed by atoms with van der Waals surface area (Å²) < 4.78 is 0. The molecule has 1 aromatic carbocycles. The number of carbonyl (C=O) groups excluding carboxylic acids is 1. The van der Waals surface area contributed by atoms with Gasteiger partial charge in [-0.3, -0.25) is 4.79 Å². The molecule has 1 heteroatoms. The Labute approximate surface area is 102 Å². The zero-order valence-corrected chi connectivity index (χ0v) is 9.86. The van der Waals surface area contributed by atoms with E-state index in [4.69, 9.17) is 0 Å². The van der Waals surface area contributed by atoms with Gasteiger partial charge in [0.15, 0.2) is 5.78 Å². The standard InChI is InChI=1S/C16H16O/c17-16-14(10-12-6-2-1-3-7-12)11-13-8-4-5-9-15(13)16/h1-2,4-5,8-10,12H,3,6-7,11H2. The maximum atomic E-state index is 12.2. The summed E-state index contributed by atoms with van der Waals surface area (Å²) in [5.41, 5.74) is 3.10. The summed E-state index contributed by atoms with van der Waals surface area (Å²) in [5.74, 6) is 0.809. The van der Waals surface area contributed by atoms with E-state index >= 15 is 0 Å². The van der Waals surface area contributed by atoms with Gasteiger partial charge in [0.1, 0.15) is 0 Å². The van der Waals surface area contributed by atoms with Crippen molar-refractivity contribution in [2.45, 2.75) is 25.7 Å². The minimum absolute atomic E-state index is 0.246. The molecule has 0 heterocycles. The fraction of sp³-hybridized carbons (Fsp3) is 0.312. The fourth-order valence-corrected chi connectivity index (χ4v) is 2.74. The van der Waals surface area contributed by atoms with Crippen LogP contribution in [0.4, 0.5) is 0 Å². The lowest BCUT2D eigenvalue weighted by Crippen LogP contribution is -2.03. The maximum Gasteiger partial charge on any atom is 0.189 e. The van der Waals surface area contributed by atoms with E-state index in [0.717, 1.165) is 30.4 Å². The third-order valence-corrected chi connectivity index (χ3v) is 3.68. The van der Waals surface area contributed by atoms with Gasteiger partial charge in [-0.2, -0.15) is 0 Å². The molecule has 1 nitrogen and oxygen atoms in total. The predicted octanol–water partition coefficient (Wildman–Crippen LogP) is 3.71. The van der Waals surface area contributed by atoms with E-state index in [2.05, 4.69) is 24.3 Å². The summed E-state index contributed by atoms with van der Waals surface area (Å²) in [7, 11) is 0. The quantitative estimate of drug-likeness (QED) is 0.525. The summed E-state index contributed by atoms with van der Waals surface area (Å²) in [5, 5.41) is 0. The number of benzene rings is 1. The summed E-state index contributed by atoms with van der Waals surface area (Å²) in [6.45, 7) is 0. The van der Waals surface area contributed by atoms with Crippen LogP contribution in [0.2, 0.25) is 0 Å². The molecule has 86 valence electrons. The van der Waals surface area contributed by atoms with Crippen LogP contribution in [0.3, 0.4) is 0 Å². The van der Waals surface area contributed by atoms with Crippen LogP contribution in [0, 0.1) is 5.92 Å². The average Bonchev–Trinajstić information content (AvgIpc) is 2.68. The Morgan fingerprint density at radius 3 is 2.82 bits per heavy atom. The molecule has 0 radical (unpaired) electrons. The third-order valence-electron chi connectivity index (χ3n) is 3.68. The topological polar surface area (TPSA) is 17.1 Å². The zero-order chi connectivity index (χ0) is 11.7. The highest BCUT2D eigenvalue weighted by molar-refractivity contribution is 6.13. The highest BCUT2D eigenvalue weighted by atomic mass is 16.1. The van der Waals surface area contributed by atoms with Crippen LogP contribution >= 0.6 is 0 Å². The van der Waals surface area contributed by atoms with Crippen molar-refractivity contribution < 1.29 is 4.79 Å². The van der Waals surface area contributed by atoms with Crippen LogP contribution in [-0.2, 0) is 6.42 Å². The highest BCUT2D eigenvalue weighted by Crippen LogP contribution is 2.29. The number of allylic oxidation sites excluding steroid dienone is 4. The Kier molecular flexibility index (Phi) is 2.68. The molecule has 0 aliphatic heterocycles. The van der Waals surface area contributed by atoms with Gasteiger partial charge in [0, 0.05) is 17.6 Å². The van der Waals surface area contributed by atoms with Gasteiger partial charge in [-0.1, -0.05) is 42.5 Å². The number of Topliss-reactive ketones (excluding diaryl/α,β-unsaturated/α-hetero) is 1. The zero-order valence-electron chi connectivity index (χ0n) is 9.86. The molecule has 17 heavy (non-hydrogen) atoms. The van der Waals surface area contributed by atoms with Crippen LogP contribution in [0.25, 0.3) is 0 Å². The molecule has 1 unspecified atom stereocenters. The number of hydrogen-bond donors (Lipinski definition) is 0. The molecule has 1 aromatic rings. The number of fused-ring (bicyclic) bond motifs is 1. The largest absolute Gasteiger partial charge is 0.289 e. The Morgan fingerprint density at radius 2 is 2.06 bits per heavy atom. The second-order valence-corrected chi connectivity index (χ2v) is 4.90.